The Morgan fingerprint density at radius 1 is 1.03 bits per heavy atom. The third-order valence-corrected chi connectivity index (χ3v) is 8.05. The van der Waals surface area contributed by atoms with Crippen molar-refractivity contribution >= 4 is 17.8 Å². The minimum Gasteiger partial charge on any atom is -0.457 e. The van der Waals surface area contributed by atoms with Crippen molar-refractivity contribution in [2.45, 2.75) is 52.6 Å². The Morgan fingerprint density at radius 3 is 2.38 bits per heavy atom. The molecule has 2 atom stereocenters. The van der Waals surface area contributed by atoms with Crippen molar-refractivity contribution in [1.82, 2.24) is 20.0 Å². The molecule has 2 aromatic carbocycles. The number of amides is 4. The average Bonchev–Trinajstić information content (AvgIpc) is 3.25. The molecule has 8 heteroatoms. The second kappa shape index (κ2) is 11.1. The Labute approximate surface area is 230 Å². The van der Waals surface area contributed by atoms with Gasteiger partial charge >= 0.3 is 6.03 Å². The molecule has 0 saturated carbocycles. The van der Waals surface area contributed by atoms with Gasteiger partial charge in [-0.2, -0.15) is 0 Å². The number of nitrogens with one attached hydrogen (secondary N) is 1. The van der Waals surface area contributed by atoms with Gasteiger partial charge in [-0.05, 0) is 61.4 Å². The molecule has 39 heavy (non-hydrogen) atoms. The topological polar surface area (TPSA) is 82.2 Å². The number of hydrogen-bond acceptors (Lipinski definition) is 4. The fourth-order valence-electron chi connectivity index (χ4n) is 5.90. The lowest BCUT2D eigenvalue weighted by atomic mass is 9.94. The number of benzene rings is 2. The largest absolute Gasteiger partial charge is 0.457 e. The summed E-state index contributed by atoms with van der Waals surface area (Å²) in [6.07, 6.45) is 1.95. The summed E-state index contributed by atoms with van der Waals surface area (Å²) in [7, 11) is 0. The van der Waals surface area contributed by atoms with Gasteiger partial charge in [-0.25, -0.2) is 4.79 Å². The Kier molecular flexibility index (Phi) is 7.64. The van der Waals surface area contributed by atoms with E-state index in [1.165, 1.54) is 0 Å². The van der Waals surface area contributed by atoms with Crippen LogP contribution in [0.1, 0.15) is 52.1 Å². The van der Waals surface area contributed by atoms with Crippen LogP contribution in [0.25, 0.3) is 0 Å². The monoisotopic (exact) mass is 530 g/mol. The number of piperidine rings is 1. The number of para-hydroxylation sites is 1. The van der Waals surface area contributed by atoms with E-state index in [-0.39, 0.29) is 30.3 Å². The maximum absolute atomic E-state index is 14.1. The van der Waals surface area contributed by atoms with Crippen LogP contribution >= 0.6 is 0 Å². The summed E-state index contributed by atoms with van der Waals surface area (Å²) in [5.41, 5.74) is 1.96. The van der Waals surface area contributed by atoms with Crippen LogP contribution < -0.4 is 10.1 Å². The van der Waals surface area contributed by atoms with E-state index in [1.807, 2.05) is 80.3 Å². The third kappa shape index (κ3) is 5.24. The predicted molar refractivity (Wildman–Crippen MR) is 149 cm³/mol. The maximum atomic E-state index is 14.1. The minimum absolute atomic E-state index is 0.00207. The lowest BCUT2D eigenvalue weighted by Crippen LogP contribution is -2.54. The van der Waals surface area contributed by atoms with Crippen LogP contribution in [0.4, 0.5) is 4.79 Å². The van der Waals surface area contributed by atoms with Gasteiger partial charge in [-0.3, -0.25) is 14.5 Å². The van der Waals surface area contributed by atoms with Crippen LogP contribution in [0.5, 0.6) is 11.5 Å². The van der Waals surface area contributed by atoms with Crippen LogP contribution in [0.2, 0.25) is 0 Å². The number of likely N-dealkylation sites (tertiary alicyclic amines) is 1. The number of carbonyl (C=O) groups excluding carboxylic acids is 3. The summed E-state index contributed by atoms with van der Waals surface area (Å²) in [6, 6.07) is 15.5. The molecule has 0 spiro atoms. The molecular weight excluding hydrogens is 492 g/mol. The third-order valence-electron chi connectivity index (χ3n) is 8.05. The number of rotatable bonds is 7. The van der Waals surface area contributed by atoms with E-state index in [0.29, 0.717) is 35.2 Å². The Hall–Kier alpha value is -3.81. The number of carbonyl (C=O) groups is 3. The average molecular weight is 531 g/mol. The van der Waals surface area contributed by atoms with E-state index < -0.39 is 12.1 Å². The van der Waals surface area contributed by atoms with Crippen molar-refractivity contribution in [3.8, 4) is 11.5 Å². The first kappa shape index (κ1) is 26.8. The molecule has 0 radical (unpaired) electrons. The van der Waals surface area contributed by atoms with Crippen LogP contribution in [-0.2, 0) is 9.59 Å². The number of nitrogens with zero attached hydrogens (tertiary/aromatic N) is 3. The summed E-state index contributed by atoms with van der Waals surface area (Å²) in [6.45, 7) is 10.2. The molecule has 206 valence electrons. The molecule has 1 fully saturated rings. The van der Waals surface area contributed by atoms with Crippen LogP contribution in [-0.4, -0.2) is 64.8 Å². The van der Waals surface area contributed by atoms with E-state index in [9.17, 15) is 14.4 Å². The number of likely N-dealkylation sites (N-methyl/N-ethyl adjacent to an activating group) is 1. The summed E-state index contributed by atoms with van der Waals surface area (Å²) in [4.78, 5) is 46.3. The summed E-state index contributed by atoms with van der Waals surface area (Å²) in [5.74, 6) is 1.66. The van der Waals surface area contributed by atoms with Gasteiger partial charge in [-0.15, -0.1) is 0 Å². The smallest absolute Gasteiger partial charge is 0.322 e. The van der Waals surface area contributed by atoms with E-state index >= 15 is 0 Å². The van der Waals surface area contributed by atoms with Crippen LogP contribution in [0.3, 0.4) is 0 Å². The number of ether oxygens (including phenoxy) is 1. The molecule has 2 aromatic rings. The molecule has 8 nitrogen and oxygen atoms in total. The molecule has 0 aliphatic carbocycles. The zero-order valence-electron chi connectivity index (χ0n) is 23.2. The van der Waals surface area contributed by atoms with Gasteiger partial charge < -0.3 is 19.9 Å². The lowest BCUT2D eigenvalue weighted by molar-refractivity contribution is -0.145. The molecule has 4 amide bonds. The van der Waals surface area contributed by atoms with Crippen molar-refractivity contribution in [3.05, 3.63) is 71.4 Å². The van der Waals surface area contributed by atoms with Gasteiger partial charge in [0.1, 0.15) is 17.5 Å². The number of hydrogen-bond donors (Lipinski definition) is 1. The standard InChI is InChI=1S/C31H38N4O4/c1-5-34-25-19-35(28(20(2)3)30(37)33-16-14-21(4)15-17-33)29(36)26(25)27(32-31(34)38)22-10-9-13-24(18-22)39-23-11-7-6-8-12-23/h6-13,18,20-21,27-28H,5,14-17,19H2,1-4H3,(H,32,38)/t27-,28-/m1/s1. The van der Waals surface area contributed by atoms with Crippen molar-refractivity contribution in [3.63, 3.8) is 0 Å². The lowest BCUT2D eigenvalue weighted by Gasteiger charge is -2.38. The van der Waals surface area contributed by atoms with E-state index in [1.54, 1.807) is 9.80 Å². The first-order valence-electron chi connectivity index (χ1n) is 14.0. The van der Waals surface area contributed by atoms with Gasteiger partial charge in [-0.1, -0.05) is 51.1 Å². The van der Waals surface area contributed by atoms with Crippen molar-refractivity contribution in [2.24, 2.45) is 11.8 Å². The highest BCUT2D eigenvalue weighted by atomic mass is 16.5. The van der Waals surface area contributed by atoms with Crippen LogP contribution in [0, 0.1) is 11.8 Å². The van der Waals surface area contributed by atoms with Crippen LogP contribution in [0.15, 0.2) is 65.9 Å². The summed E-state index contributed by atoms with van der Waals surface area (Å²) in [5, 5.41) is 3.04. The Morgan fingerprint density at radius 2 is 1.72 bits per heavy atom. The second-order valence-corrected chi connectivity index (χ2v) is 11.1. The first-order valence-corrected chi connectivity index (χ1v) is 14.0. The van der Waals surface area contributed by atoms with Gasteiger partial charge in [0, 0.05) is 19.6 Å². The van der Waals surface area contributed by atoms with Gasteiger partial charge in [0.2, 0.25) is 5.91 Å². The molecule has 0 aromatic heterocycles. The van der Waals surface area contributed by atoms with E-state index in [4.69, 9.17) is 4.74 Å². The fourth-order valence-corrected chi connectivity index (χ4v) is 5.90. The fraction of sp³-hybridized carbons (Fsp3) is 0.452. The maximum Gasteiger partial charge on any atom is 0.322 e. The van der Waals surface area contributed by atoms with Gasteiger partial charge in [0.15, 0.2) is 0 Å². The molecule has 3 aliphatic heterocycles. The SMILES string of the molecule is CCN1C(=O)N[C@H](c2cccc(Oc3ccccc3)c2)C2=C1CN([C@@H](C(=O)N1CCC(C)CC1)C(C)C)C2=O. The highest BCUT2D eigenvalue weighted by molar-refractivity contribution is 6.03. The van der Waals surface area contributed by atoms with Gasteiger partial charge in [0.05, 0.1) is 23.9 Å². The molecular formula is C31H38N4O4. The molecule has 3 aliphatic rings. The van der Waals surface area contributed by atoms with Crippen molar-refractivity contribution < 1.29 is 19.1 Å². The summed E-state index contributed by atoms with van der Waals surface area (Å²) >= 11 is 0. The summed E-state index contributed by atoms with van der Waals surface area (Å²) < 4.78 is 6.03. The Bertz CT molecular complexity index is 1270. The Balaban J connectivity index is 1.46. The molecule has 1 saturated heterocycles. The highest BCUT2D eigenvalue weighted by Crippen LogP contribution is 2.39. The molecule has 3 heterocycles. The van der Waals surface area contributed by atoms with Crippen molar-refractivity contribution in [2.75, 3.05) is 26.2 Å². The quantitative estimate of drug-likeness (QED) is 0.550. The first-order chi connectivity index (χ1) is 18.8. The highest BCUT2D eigenvalue weighted by Gasteiger charge is 2.48. The van der Waals surface area contributed by atoms with Crippen molar-refractivity contribution in [1.29, 1.82) is 0 Å². The normalized spacial score (nSPS) is 20.8. The molecule has 5 rings (SSSR count). The second-order valence-electron chi connectivity index (χ2n) is 11.1. The van der Waals surface area contributed by atoms with E-state index in [0.717, 1.165) is 31.5 Å². The number of urea groups is 1. The zero-order chi connectivity index (χ0) is 27.7. The zero-order valence-corrected chi connectivity index (χ0v) is 23.2. The molecule has 1 N–H and O–H groups in total. The molecule has 0 bridgehead atoms. The van der Waals surface area contributed by atoms with E-state index in [2.05, 4.69) is 12.2 Å². The molecule has 0 unspecified atom stereocenters. The predicted octanol–water partition coefficient (Wildman–Crippen LogP) is 4.94. The minimum atomic E-state index is -0.633. The van der Waals surface area contributed by atoms with Gasteiger partial charge in [0.25, 0.3) is 5.91 Å².